The van der Waals surface area contributed by atoms with Crippen molar-refractivity contribution in [1.29, 1.82) is 0 Å². The molecule has 0 radical (unpaired) electrons. The minimum atomic E-state index is -1.41. The fourth-order valence-electron chi connectivity index (χ4n) is 0.686. The molecule has 17 heavy (non-hydrogen) atoms. The van der Waals surface area contributed by atoms with Gasteiger partial charge in [-0.2, -0.15) is 0 Å². The molecule has 0 aromatic heterocycles. The number of aliphatic hydroxyl groups excluding tert-OH is 2. The number of carboxylic acids is 1. The molecule has 0 rings (SSSR count). The minimum Gasteiger partial charge on any atom is -0.478 e. The van der Waals surface area contributed by atoms with E-state index in [1.165, 1.54) is 20.8 Å². The first-order valence-corrected chi connectivity index (χ1v) is 5.13. The third kappa shape index (κ3) is 12.8. The van der Waals surface area contributed by atoms with Gasteiger partial charge in [0, 0.05) is 20.0 Å². The predicted octanol–water partition coefficient (Wildman–Crippen LogP) is -1.03. The third-order valence-electron chi connectivity index (χ3n) is 1.49. The topological polar surface area (TPSA) is 116 Å². The predicted molar refractivity (Wildman–Crippen MR) is 60.5 cm³/mol. The highest BCUT2D eigenvalue weighted by molar-refractivity contribution is 5.80. The van der Waals surface area contributed by atoms with Gasteiger partial charge in [-0.3, -0.25) is 4.79 Å². The second-order valence-electron chi connectivity index (χ2n) is 3.61. The summed E-state index contributed by atoms with van der Waals surface area (Å²) in [4.78, 5) is 20.6. The van der Waals surface area contributed by atoms with Crippen molar-refractivity contribution >= 4 is 11.9 Å². The largest absolute Gasteiger partial charge is 0.478 e. The Morgan fingerprint density at radius 2 is 1.59 bits per heavy atom. The van der Waals surface area contributed by atoms with Gasteiger partial charge in [-0.1, -0.05) is 0 Å². The summed E-state index contributed by atoms with van der Waals surface area (Å²) in [5, 5.41) is 27.5. The van der Waals surface area contributed by atoms with Crippen LogP contribution in [0.4, 0.5) is 0 Å². The van der Waals surface area contributed by atoms with Crippen LogP contribution in [0.5, 0.6) is 0 Å². The number of carboxylic acid groups (broad SMARTS) is 1. The number of aliphatic carboxylic acids is 1. The number of nitrogens with one attached hydrogen (secondary N) is 1. The van der Waals surface area contributed by atoms with Gasteiger partial charge in [-0.15, -0.1) is 0 Å². The molecule has 0 heterocycles. The maximum Gasteiger partial charge on any atom is 0.347 e. The zero-order valence-corrected chi connectivity index (χ0v) is 10.4. The quantitative estimate of drug-likeness (QED) is 0.352. The van der Waals surface area contributed by atoms with Crippen molar-refractivity contribution in [3.8, 4) is 0 Å². The van der Waals surface area contributed by atoms with E-state index in [0.29, 0.717) is 13.1 Å². The van der Waals surface area contributed by atoms with E-state index in [9.17, 15) is 9.59 Å². The highest BCUT2D eigenvalue weighted by Gasteiger charge is 2.30. The molecule has 0 aromatic rings. The fourth-order valence-corrected chi connectivity index (χ4v) is 0.686. The average Bonchev–Trinajstić information content (AvgIpc) is 2.17. The standard InChI is InChI=1S/C6H10O4.C4H11NO2/c1-4(7)10-6(2,3)5(8)9;6-3-1-5-2-4-7/h1-3H3,(H,8,9);5-7H,1-4H2. The number of hydrogen-bond acceptors (Lipinski definition) is 6. The zero-order valence-electron chi connectivity index (χ0n) is 10.4. The van der Waals surface area contributed by atoms with Crippen molar-refractivity contribution in [3.05, 3.63) is 0 Å². The summed E-state index contributed by atoms with van der Waals surface area (Å²) >= 11 is 0. The van der Waals surface area contributed by atoms with Crippen LogP contribution in [0.1, 0.15) is 20.8 Å². The molecule has 0 bridgehead atoms. The first-order valence-electron chi connectivity index (χ1n) is 5.13. The van der Waals surface area contributed by atoms with E-state index in [0.717, 1.165) is 0 Å². The molecule has 0 atom stereocenters. The van der Waals surface area contributed by atoms with Crippen LogP contribution in [0, 0.1) is 0 Å². The molecule has 0 fully saturated rings. The Balaban J connectivity index is 0. The molecule has 7 heteroatoms. The molecular weight excluding hydrogens is 230 g/mol. The Morgan fingerprint density at radius 1 is 1.18 bits per heavy atom. The summed E-state index contributed by atoms with van der Waals surface area (Å²) in [6, 6.07) is 0. The van der Waals surface area contributed by atoms with E-state index in [-0.39, 0.29) is 13.2 Å². The van der Waals surface area contributed by atoms with Crippen molar-refractivity contribution in [2.24, 2.45) is 0 Å². The lowest BCUT2D eigenvalue weighted by atomic mass is 10.1. The maximum absolute atomic E-state index is 10.3. The number of carbonyl (C=O) groups is 2. The highest BCUT2D eigenvalue weighted by Crippen LogP contribution is 2.08. The summed E-state index contributed by atoms with van der Waals surface area (Å²) in [7, 11) is 0. The minimum absolute atomic E-state index is 0.139. The van der Waals surface area contributed by atoms with Crippen LogP contribution in [0.15, 0.2) is 0 Å². The normalized spacial score (nSPS) is 10.2. The van der Waals surface area contributed by atoms with Crippen molar-refractivity contribution in [3.63, 3.8) is 0 Å². The van der Waals surface area contributed by atoms with Gasteiger partial charge in [0.1, 0.15) is 0 Å². The molecule has 4 N–H and O–H groups in total. The van der Waals surface area contributed by atoms with Crippen LogP contribution in [-0.4, -0.2) is 59.2 Å². The van der Waals surface area contributed by atoms with E-state index in [2.05, 4.69) is 10.1 Å². The number of aliphatic hydroxyl groups is 2. The fraction of sp³-hybridized carbons (Fsp3) is 0.800. The van der Waals surface area contributed by atoms with Gasteiger partial charge < -0.3 is 25.4 Å². The number of ether oxygens (including phenoxy) is 1. The third-order valence-corrected chi connectivity index (χ3v) is 1.49. The van der Waals surface area contributed by atoms with Crippen LogP contribution in [0.3, 0.4) is 0 Å². The van der Waals surface area contributed by atoms with Crippen molar-refractivity contribution in [1.82, 2.24) is 5.32 Å². The van der Waals surface area contributed by atoms with Crippen molar-refractivity contribution in [2.75, 3.05) is 26.3 Å². The molecule has 0 aliphatic heterocycles. The van der Waals surface area contributed by atoms with E-state index < -0.39 is 17.5 Å². The van der Waals surface area contributed by atoms with Crippen LogP contribution in [0.25, 0.3) is 0 Å². The SMILES string of the molecule is CC(=O)OC(C)(C)C(=O)O.OCCNCCO. The Morgan fingerprint density at radius 3 is 1.76 bits per heavy atom. The zero-order chi connectivity index (χ0) is 13.9. The molecule has 102 valence electrons. The van der Waals surface area contributed by atoms with E-state index >= 15 is 0 Å². The average molecular weight is 251 g/mol. The maximum atomic E-state index is 10.3. The molecule has 0 spiro atoms. The second-order valence-corrected chi connectivity index (χ2v) is 3.61. The summed E-state index contributed by atoms with van der Waals surface area (Å²) in [6.45, 7) is 5.22. The number of hydrogen-bond donors (Lipinski definition) is 4. The lowest BCUT2D eigenvalue weighted by Gasteiger charge is -2.18. The molecule has 0 unspecified atom stereocenters. The Kier molecular flexibility index (Phi) is 10.7. The van der Waals surface area contributed by atoms with Gasteiger partial charge >= 0.3 is 11.9 Å². The van der Waals surface area contributed by atoms with Crippen LogP contribution >= 0.6 is 0 Å². The van der Waals surface area contributed by atoms with Crippen LogP contribution in [0.2, 0.25) is 0 Å². The van der Waals surface area contributed by atoms with Crippen LogP contribution < -0.4 is 5.32 Å². The van der Waals surface area contributed by atoms with Gasteiger partial charge in [0.15, 0.2) is 0 Å². The number of carbonyl (C=O) groups excluding carboxylic acids is 1. The van der Waals surface area contributed by atoms with Gasteiger partial charge in [0.25, 0.3) is 0 Å². The highest BCUT2D eigenvalue weighted by atomic mass is 16.6. The van der Waals surface area contributed by atoms with Gasteiger partial charge in [-0.25, -0.2) is 4.79 Å². The van der Waals surface area contributed by atoms with Crippen molar-refractivity contribution < 1.29 is 29.6 Å². The Bertz CT molecular complexity index is 225. The molecule has 0 amide bonds. The summed E-state index contributed by atoms with van der Waals surface area (Å²) < 4.78 is 4.46. The summed E-state index contributed by atoms with van der Waals surface area (Å²) in [5.41, 5.74) is -1.41. The Labute approximate surface area is 100 Å². The molecule has 0 aliphatic rings. The van der Waals surface area contributed by atoms with Gasteiger partial charge in [0.2, 0.25) is 5.60 Å². The lowest BCUT2D eigenvalue weighted by Crippen LogP contribution is -2.36. The molecular formula is C10H21NO6. The molecule has 0 aromatic carbocycles. The first-order chi connectivity index (χ1) is 7.77. The number of esters is 1. The molecule has 0 saturated heterocycles. The molecule has 0 saturated carbocycles. The van der Waals surface area contributed by atoms with Gasteiger partial charge in [0.05, 0.1) is 13.2 Å². The summed E-state index contributed by atoms with van der Waals surface area (Å²) in [6.07, 6.45) is 0. The smallest absolute Gasteiger partial charge is 0.347 e. The first kappa shape index (κ1) is 18.2. The molecule has 7 nitrogen and oxygen atoms in total. The monoisotopic (exact) mass is 251 g/mol. The molecule has 0 aliphatic carbocycles. The van der Waals surface area contributed by atoms with Crippen molar-refractivity contribution in [2.45, 2.75) is 26.4 Å². The lowest BCUT2D eigenvalue weighted by molar-refractivity contribution is -0.172. The number of rotatable bonds is 6. The van der Waals surface area contributed by atoms with Crippen LogP contribution in [-0.2, 0) is 14.3 Å². The van der Waals surface area contributed by atoms with E-state index in [1.807, 2.05) is 0 Å². The van der Waals surface area contributed by atoms with E-state index in [1.54, 1.807) is 0 Å². The second kappa shape index (κ2) is 10.0. The Hall–Kier alpha value is -1.18. The van der Waals surface area contributed by atoms with E-state index in [4.69, 9.17) is 15.3 Å². The summed E-state index contributed by atoms with van der Waals surface area (Å²) in [5.74, 6) is -1.74. The van der Waals surface area contributed by atoms with Gasteiger partial charge in [-0.05, 0) is 13.8 Å².